The second-order valence-electron chi connectivity index (χ2n) is 26.1. The molecule has 0 saturated carbocycles. The molecule has 1 heterocycles. The highest BCUT2D eigenvalue weighted by Crippen LogP contribution is 2.22. The molecule has 10 atom stereocenters. The third kappa shape index (κ3) is 22.4. The summed E-state index contributed by atoms with van der Waals surface area (Å²) in [7, 11) is 8.41. The number of likely N-dealkylation sites (N-methyl/N-ethyl adjacent to an activating group) is 6. The Labute approximate surface area is 508 Å². The van der Waals surface area contributed by atoms with Gasteiger partial charge < -0.3 is 60.7 Å². The lowest BCUT2D eigenvalue weighted by atomic mass is 9.97. The smallest absolute Gasteiger partial charge is 0.246 e. The van der Waals surface area contributed by atoms with E-state index < -0.39 is 150 Å². The van der Waals surface area contributed by atoms with Gasteiger partial charge in [0.1, 0.15) is 54.4 Å². The van der Waals surface area contributed by atoms with Gasteiger partial charge in [-0.15, -0.1) is 0 Å². The van der Waals surface area contributed by atoms with Gasteiger partial charge in [-0.2, -0.15) is 0 Å². The van der Waals surface area contributed by atoms with Gasteiger partial charge in [0.25, 0.3) is 0 Å². The van der Waals surface area contributed by atoms with Crippen LogP contribution in [0.2, 0.25) is 0 Å². The second kappa shape index (κ2) is 35.0. The van der Waals surface area contributed by atoms with Crippen molar-refractivity contribution in [2.45, 2.75) is 229 Å². The van der Waals surface area contributed by atoms with E-state index >= 15 is 4.79 Å². The van der Waals surface area contributed by atoms with Crippen LogP contribution in [0.1, 0.15) is 157 Å². The van der Waals surface area contributed by atoms with E-state index in [2.05, 4.69) is 26.2 Å². The molecule has 1 aliphatic rings. The molecule has 0 spiro atoms. The first-order valence-electron chi connectivity index (χ1n) is 30.7. The summed E-state index contributed by atoms with van der Waals surface area (Å²) in [5, 5.41) is 22.2. The summed E-state index contributed by atoms with van der Waals surface area (Å²) in [6.07, 6.45) is -0.519. The lowest BCUT2D eigenvalue weighted by molar-refractivity contribution is -0.154. The maximum atomic E-state index is 15.2. The largest absolute Gasteiger partial charge is 0.391 e. The summed E-state index contributed by atoms with van der Waals surface area (Å²) in [5.41, 5.74) is 0. The zero-order valence-corrected chi connectivity index (χ0v) is 56.2. The van der Waals surface area contributed by atoms with Gasteiger partial charge in [-0.3, -0.25) is 57.6 Å². The number of amides is 11. The number of rotatable bonds is 16. The number of carbonyl (C=O) groups is 11. The van der Waals surface area contributed by atoms with Gasteiger partial charge in [0.2, 0.25) is 65.0 Å². The molecule has 85 heavy (non-hydrogen) atoms. The van der Waals surface area contributed by atoms with Crippen LogP contribution in [0.4, 0.5) is 0 Å². The Bertz CT molecular complexity index is 2270. The average molecular weight is 1210 g/mol. The number of nitrogens with zero attached hydrogens (tertiary/aromatic N) is 8. The van der Waals surface area contributed by atoms with Crippen LogP contribution < -0.4 is 21.3 Å². The van der Waals surface area contributed by atoms with Crippen LogP contribution >= 0.6 is 0 Å². The minimum Gasteiger partial charge on any atom is -0.391 e. The molecule has 11 amide bonds. The molecule has 24 heteroatoms. The van der Waals surface area contributed by atoms with Crippen LogP contribution in [0.25, 0.3) is 0 Å². The van der Waals surface area contributed by atoms with Crippen molar-refractivity contribution in [1.29, 1.82) is 0 Å². The van der Waals surface area contributed by atoms with E-state index in [4.69, 9.17) is 0 Å². The second-order valence-corrected chi connectivity index (χ2v) is 26.1. The fraction of sp³-hybridized carbons (Fsp3) is 0.820. The molecule has 488 valence electrons. The Hall–Kier alpha value is -5.91. The summed E-state index contributed by atoms with van der Waals surface area (Å²) in [5.74, 6) is -8.91. The van der Waals surface area contributed by atoms with Crippen LogP contribution in [-0.4, -0.2) is 250 Å². The summed E-state index contributed by atoms with van der Waals surface area (Å²) in [4.78, 5) is 170. The van der Waals surface area contributed by atoms with E-state index in [9.17, 15) is 53.1 Å². The fourth-order valence-electron chi connectivity index (χ4n) is 10.9. The Kier molecular flexibility index (Phi) is 31.8. The molecule has 0 aliphatic carbocycles. The Morgan fingerprint density at radius 3 is 1.39 bits per heavy atom. The minimum atomic E-state index is -1.58. The summed E-state index contributed by atoms with van der Waals surface area (Å²) < 4.78 is 0. The molecular formula is C61H112N12O12. The Balaban J connectivity index is 4.26. The van der Waals surface area contributed by atoms with E-state index in [1.165, 1.54) is 87.6 Å². The van der Waals surface area contributed by atoms with Crippen molar-refractivity contribution in [3.63, 3.8) is 0 Å². The topological polar surface area (TPSA) is 282 Å². The van der Waals surface area contributed by atoms with Crippen molar-refractivity contribution in [3.8, 4) is 0 Å². The minimum absolute atomic E-state index is 0.0424. The third-order valence-electron chi connectivity index (χ3n) is 15.9. The molecule has 0 radical (unpaired) electrons. The number of hydrogen-bond donors (Lipinski definition) is 5. The van der Waals surface area contributed by atoms with Gasteiger partial charge in [0, 0.05) is 67.5 Å². The number of hydrogen-bond acceptors (Lipinski definition) is 13. The van der Waals surface area contributed by atoms with Gasteiger partial charge in [-0.1, -0.05) is 82.6 Å². The van der Waals surface area contributed by atoms with Crippen molar-refractivity contribution in [2.24, 2.45) is 29.6 Å². The number of aliphatic hydroxyl groups is 1. The van der Waals surface area contributed by atoms with E-state index in [1.54, 1.807) is 34.6 Å². The van der Waals surface area contributed by atoms with Crippen LogP contribution in [0.5, 0.6) is 0 Å². The zero-order valence-electron chi connectivity index (χ0n) is 56.2. The Morgan fingerprint density at radius 1 is 0.471 bits per heavy atom. The van der Waals surface area contributed by atoms with Gasteiger partial charge >= 0.3 is 0 Å². The van der Waals surface area contributed by atoms with Crippen LogP contribution in [0.15, 0.2) is 0 Å². The first-order chi connectivity index (χ1) is 39.2. The molecule has 24 nitrogen and oxygen atoms in total. The highest BCUT2D eigenvalue weighted by atomic mass is 16.3. The predicted molar refractivity (Wildman–Crippen MR) is 328 cm³/mol. The first-order valence-corrected chi connectivity index (χ1v) is 30.7. The van der Waals surface area contributed by atoms with Crippen molar-refractivity contribution in [2.75, 3.05) is 68.5 Å². The number of carbonyl (C=O) groups excluding carboxylic acids is 11. The third-order valence-corrected chi connectivity index (χ3v) is 15.9. The lowest BCUT2D eigenvalue weighted by Gasteiger charge is -2.39. The number of aliphatic hydroxyl groups excluding tert-OH is 1. The van der Waals surface area contributed by atoms with E-state index in [0.29, 0.717) is 13.0 Å². The lowest BCUT2D eigenvalue weighted by Crippen LogP contribution is -2.62. The maximum Gasteiger partial charge on any atom is 0.246 e. The van der Waals surface area contributed by atoms with Crippen LogP contribution in [0.3, 0.4) is 0 Å². The number of nitrogens with one attached hydrogen (secondary N) is 4. The Morgan fingerprint density at radius 2 is 0.929 bits per heavy atom. The van der Waals surface area contributed by atoms with Crippen molar-refractivity contribution in [3.05, 3.63) is 0 Å². The highest BCUT2D eigenvalue weighted by molar-refractivity contribution is 5.99. The molecule has 1 aliphatic heterocycles. The SMILES string of the molecule is CCC[C@@H]1NC(=O)[C@H]([C@@H](C)O)N(C)C(=O)[C@H](C(C)C)N(C)C(=O)CN(CCN(C(C)C)C(C)C)C(=O)[C@H](CC(C)C)N(C)C(=O)[C@@H](C)NC(=O)[C@H](C)NC(=O)[C@H](CC(C)C)N(C)C(=O)[C@H](C(C)C)NC(=O)[C@H](CC(C)C)N(C)C(=O)CN(C)C1=O. The zero-order chi connectivity index (χ0) is 66.0. The summed E-state index contributed by atoms with van der Waals surface area (Å²) >= 11 is 0. The molecule has 1 rings (SSSR count). The fourth-order valence-corrected chi connectivity index (χ4v) is 10.9. The normalized spacial score (nSPS) is 25.7. The molecular weight excluding hydrogens is 1090 g/mol. The van der Waals surface area contributed by atoms with E-state index in [0.717, 1.165) is 9.80 Å². The van der Waals surface area contributed by atoms with Crippen molar-refractivity contribution < 1.29 is 57.8 Å². The molecule has 0 aromatic rings. The highest BCUT2D eigenvalue weighted by Gasteiger charge is 2.43. The molecule has 0 unspecified atom stereocenters. The van der Waals surface area contributed by atoms with Gasteiger partial charge in [0.05, 0.1) is 19.2 Å². The predicted octanol–water partition coefficient (Wildman–Crippen LogP) is 2.15. The van der Waals surface area contributed by atoms with E-state index in [-0.39, 0.29) is 62.1 Å². The van der Waals surface area contributed by atoms with Crippen LogP contribution in [0, 0.1) is 29.6 Å². The molecule has 1 fully saturated rings. The first kappa shape index (κ1) is 77.1. The van der Waals surface area contributed by atoms with E-state index in [1.807, 2.05) is 69.2 Å². The van der Waals surface area contributed by atoms with Gasteiger partial charge in [-0.25, -0.2) is 0 Å². The molecule has 0 aromatic heterocycles. The van der Waals surface area contributed by atoms with Crippen molar-refractivity contribution in [1.82, 2.24) is 60.5 Å². The van der Waals surface area contributed by atoms with Crippen molar-refractivity contribution >= 4 is 65.0 Å². The standard InChI is InChI=1S/C61H112N12O12/c1-25-26-44-58(82)66(19)32-48(75)67(20)45(29-34(2)3)55(79)65-50(37(8)9)60(84)68(21)46(30-35(4)5)54(78)62-41(16)53(77)63-42(17)57(81)69(22)47(31-36(6)7)59(83)72(27-28-73(39(12)13)40(14)15)33-49(76)70(23)51(38(10)11)61(85)71(24)52(43(18)74)56(80)64-44/h34-47,50-52,74H,25-33H2,1-24H3,(H,62,78)(H,63,77)(H,64,80)(H,65,79)/t41-,42+,43+,44-,45-,46-,47-,50-,51-,52-/m0/s1. The maximum absolute atomic E-state index is 15.2. The van der Waals surface area contributed by atoms with Gasteiger partial charge in [-0.05, 0) is 104 Å². The molecule has 0 aromatic carbocycles. The molecule has 5 N–H and O–H groups in total. The summed E-state index contributed by atoms with van der Waals surface area (Å²) in [6, 6.07) is -11.0. The van der Waals surface area contributed by atoms with Gasteiger partial charge in [0.15, 0.2) is 0 Å². The monoisotopic (exact) mass is 1200 g/mol. The quantitative estimate of drug-likeness (QED) is 0.148. The average Bonchev–Trinajstić information content (AvgIpc) is 3.58. The molecule has 1 saturated heterocycles. The molecule has 0 bridgehead atoms. The van der Waals surface area contributed by atoms with Crippen LogP contribution in [-0.2, 0) is 52.7 Å². The summed E-state index contributed by atoms with van der Waals surface area (Å²) in [6.45, 7) is 31.4.